The van der Waals surface area contributed by atoms with Crippen LogP contribution in [0.15, 0.2) is 109 Å². The summed E-state index contributed by atoms with van der Waals surface area (Å²) in [7, 11) is 0. The summed E-state index contributed by atoms with van der Waals surface area (Å²) < 4.78 is 16.7. The van der Waals surface area contributed by atoms with Crippen molar-refractivity contribution in [3.63, 3.8) is 0 Å². The van der Waals surface area contributed by atoms with E-state index in [1.165, 1.54) is 32.1 Å². The van der Waals surface area contributed by atoms with E-state index in [-0.39, 0.29) is 37.5 Å². The lowest BCUT2D eigenvalue weighted by molar-refractivity contribution is -0.167. The first-order valence-electron chi connectivity index (χ1n) is 24.9. The number of carbonyl (C=O) groups is 3. The monoisotopic (exact) mass is 859 g/mol. The Balaban J connectivity index is 4.51. The number of hydrogen-bond acceptors (Lipinski definition) is 6. The zero-order chi connectivity index (χ0) is 45.1. The van der Waals surface area contributed by atoms with Gasteiger partial charge in [-0.05, 0) is 109 Å². The SMILES string of the molecule is CC/C=C\C/C=C\C/C=C\CCCCCCC(=O)OC(COC(=O)CCCC/C=C\C/C=C\C/C=C\CC)COC(=O)CCCCCCC\C=C/C=C\C=C/CCCCCCC. The van der Waals surface area contributed by atoms with E-state index in [0.717, 1.165) is 135 Å². The Bertz CT molecular complexity index is 1310. The standard InChI is InChI=1S/C56H90O6/c1-4-7-10-13-16-19-22-25-27-28-29-30-32-34-37-40-43-46-49-55(58)61-52-53(51-60-54(57)48-45-42-39-36-33-24-21-18-15-12-9-6-3)62-56(59)50-47-44-41-38-35-31-26-23-20-17-14-11-8-5-2/h8-9,11-12,17-18,20-22,25-31,33,36,53H,4-7,10,13-16,19,23-24,32,34-35,37-52H2,1-3H3/b11-8-,12-9-,20-17-,21-18-,25-22-,28-27-,30-29-,31-26-,36-33-. The van der Waals surface area contributed by atoms with Crippen LogP contribution in [0.25, 0.3) is 0 Å². The van der Waals surface area contributed by atoms with Crippen LogP contribution in [-0.2, 0) is 28.6 Å². The first-order valence-corrected chi connectivity index (χ1v) is 24.9. The molecule has 0 amide bonds. The fourth-order valence-electron chi connectivity index (χ4n) is 6.35. The molecule has 350 valence electrons. The summed E-state index contributed by atoms with van der Waals surface area (Å²) >= 11 is 0. The summed E-state index contributed by atoms with van der Waals surface area (Å²) in [5, 5.41) is 0. The Morgan fingerprint density at radius 3 is 1.15 bits per heavy atom. The number of carbonyl (C=O) groups excluding carboxylic acids is 3. The number of ether oxygens (including phenoxy) is 3. The van der Waals surface area contributed by atoms with Crippen molar-refractivity contribution in [2.45, 2.75) is 213 Å². The molecule has 1 atom stereocenters. The molecule has 1 unspecified atom stereocenters. The Morgan fingerprint density at radius 2 is 0.694 bits per heavy atom. The van der Waals surface area contributed by atoms with Crippen LogP contribution in [0.3, 0.4) is 0 Å². The van der Waals surface area contributed by atoms with Crippen LogP contribution < -0.4 is 0 Å². The Morgan fingerprint density at radius 1 is 0.355 bits per heavy atom. The molecule has 0 fully saturated rings. The van der Waals surface area contributed by atoms with Crippen LogP contribution in [0.5, 0.6) is 0 Å². The molecule has 0 aliphatic heterocycles. The zero-order valence-corrected chi connectivity index (χ0v) is 39.8. The van der Waals surface area contributed by atoms with Crippen LogP contribution >= 0.6 is 0 Å². The molecule has 0 aliphatic carbocycles. The van der Waals surface area contributed by atoms with Crippen LogP contribution in [0, 0.1) is 0 Å². The summed E-state index contributed by atoms with van der Waals surface area (Å²) in [6.45, 7) is 6.30. The molecular formula is C56H90O6. The average molecular weight is 859 g/mol. The molecule has 0 N–H and O–H groups in total. The van der Waals surface area contributed by atoms with Crippen LogP contribution in [0.2, 0.25) is 0 Å². The second-order valence-electron chi connectivity index (χ2n) is 16.0. The molecule has 6 heteroatoms. The maximum Gasteiger partial charge on any atom is 0.306 e. The Kier molecular flexibility index (Phi) is 46.6. The lowest BCUT2D eigenvalue weighted by atomic mass is 10.1. The number of unbranched alkanes of at least 4 members (excludes halogenated alkanes) is 16. The summed E-state index contributed by atoms with van der Waals surface area (Å²) in [5.41, 5.74) is 0. The normalized spacial score (nSPS) is 13.0. The number of esters is 3. The van der Waals surface area contributed by atoms with Gasteiger partial charge in [-0.1, -0.05) is 188 Å². The molecule has 0 aliphatic rings. The molecule has 0 saturated carbocycles. The lowest BCUT2D eigenvalue weighted by Crippen LogP contribution is -2.30. The van der Waals surface area contributed by atoms with Gasteiger partial charge in [-0.15, -0.1) is 0 Å². The third-order valence-corrected chi connectivity index (χ3v) is 10.1. The minimum absolute atomic E-state index is 0.113. The molecule has 0 spiro atoms. The van der Waals surface area contributed by atoms with Gasteiger partial charge in [-0.2, -0.15) is 0 Å². The topological polar surface area (TPSA) is 78.9 Å². The van der Waals surface area contributed by atoms with Crippen molar-refractivity contribution < 1.29 is 28.6 Å². The maximum atomic E-state index is 12.8. The second-order valence-corrected chi connectivity index (χ2v) is 16.0. The van der Waals surface area contributed by atoms with Crippen molar-refractivity contribution in [1.29, 1.82) is 0 Å². The van der Waals surface area contributed by atoms with Gasteiger partial charge in [0.25, 0.3) is 0 Å². The summed E-state index contributed by atoms with van der Waals surface area (Å²) in [4.78, 5) is 37.9. The highest BCUT2D eigenvalue weighted by Gasteiger charge is 2.19. The largest absolute Gasteiger partial charge is 0.462 e. The van der Waals surface area contributed by atoms with Gasteiger partial charge in [-0.3, -0.25) is 14.4 Å². The van der Waals surface area contributed by atoms with Gasteiger partial charge in [0.2, 0.25) is 0 Å². The first-order chi connectivity index (χ1) is 30.5. The van der Waals surface area contributed by atoms with Crippen molar-refractivity contribution in [3.05, 3.63) is 109 Å². The Hall–Kier alpha value is -3.93. The molecule has 0 aromatic rings. The molecule has 0 rings (SSSR count). The van der Waals surface area contributed by atoms with Gasteiger partial charge in [0.05, 0.1) is 0 Å². The van der Waals surface area contributed by atoms with E-state index in [0.29, 0.717) is 12.8 Å². The van der Waals surface area contributed by atoms with E-state index in [9.17, 15) is 14.4 Å². The molecule has 6 nitrogen and oxygen atoms in total. The molecule has 0 heterocycles. The smallest absolute Gasteiger partial charge is 0.306 e. The maximum absolute atomic E-state index is 12.8. The fourth-order valence-corrected chi connectivity index (χ4v) is 6.35. The van der Waals surface area contributed by atoms with E-state index in [2.05, 4.69) is 130 Å². The minimum atomic E-state index is -0.815. The van der Waals surface area contributed by atoms with Gasteiger partial charge in [0.1, 0.15) is 13.2 Å². The zero-order valence-electron chi connectivity index (χ0n) is 39.8. The van der Waals surface area contributed by atoms with Crippen molar-refractivity contribution in [2.24, 2.45) is 0 Å². The van der Waals surface area contributed by atoms with Crippen molar-refractivity contribution in [3.8, 4) is 0 Å². The van der Waals surface area contributed by atoms with E-state index in [1.54, 1.807) is 0 Å². The van der Waals surface area contributed by atoms with Crippen LogP contribution in [-0.4, -0.2) is 37.2 Å². The molecule has 0 radical (unpaired) electrons. The van der Waals surface area contributed by atoms with Gasteiger partial charge >= 0.3 is 17.9 Å². The van der Waals surface area contributed by atoms with Crippen molar-refractivity contribution in [2.75, 3.05) is 13.2 Å². The predicted molar refractivity (Wildman–Crippen MR) is 265 cm³/mol. The van der Waals surface area contributed by atoms with Gasteiger partial charge in [0, 0.05) is 19.3 Å². The van der Waals surface area contributed by atoms with E-state index in [4.69, 9.17) is 14.2 Å². The quantitative estimate of drug-likeness (QED) is 0.0200. The third-order valence-electron chi connectivity index (χ3n) is 10.1. The van der Waals surface area contributed by atoms with Gasteiger partial charge < -0.3 is 14.2 Å². The highest BCUT2D eigenvalue weighted by Crippen LogP contribution is 2.12. The number of rotatable bonds is 43. The summed E-state index contributed by atoms with van der Waals surface area (Å²) in [6.07, 6.45) is 66.4. The highest BCUT2D eigenvalue weighted by atomic mass is 16.6. The van der Waals surface area contributed by atoms with Crippen LogP contribution in [0.4, 0.5) is 0 Å². The van der Waals surface area contributed by atoms with E-state index >= 15 is 0 Å². The fraction of sp³-hybridized carbons (Fsp3) is 0.625. The molecule has 0 bridgehead atoms. The lowest BCUT2D eigenvalue weighted by Gasteiger charge is -2.18. The molecular weight excluding hydrogens is 769 g/mol. The third kappa shape index (κ3) is 47.1. The minimum Gasteiger partial charge on any atom is -0.462 e. The first kappa shape index (κ1) is 58.1. The van der Waals surface area contributed by atoms with Gasteiger partial charge in [-0.25, -0.2) is 0 Å². The summed E-state index contributed by atoms with van der Waals surface area (Å²) in [6, 6.07) is 0. The molecule has 0 aromatic heterocycles. The van der Waals surface area contributed by atoms with E-state index in [1.807, 2.05) is 0 Å². The number of hydrogen-bond donors (Lipinski definition) is 0. The predicted octanol–water partition coefficient (Wildman–Crippen LogP) is 16.4. The van der Waals surface area contributed by atoms with Crippen molar-refractivity contribution >= 4 is 17.9 Å². The molecule has 0 saturated heterocycles. The Labute approximate surface area is 380 Å². The van der Waals surface area contributed by atoms with Crippen molar-refractivity contribution in [1.82, 2.24) is 0 Å². The van der Waals surface area contributed by atoms with Gasteiger partial charge in [0.15, 0.2) is 6.10 Å². The molecule has 0 aromatic carbocycles. The highest BCUT2D eigenvalue weighted by molar-refractivity contribution is 5.71. The molecule has 62 heavy (non-hydrogen) atoms. The van der Waals surface area contributed by atoms with E-state index < -0.39 is 6.10 Å². The van der Waals surface area contributed by atoms with Crippen LogP contribution in [0.1, 0.15) is 207 Å². The summed E-state index contributed by atoms with van der Waals surface area (Å²) in [5.74, 6) is -1.00. The average Bonchev–Trinajstić information content (AvgIpc) is 3.27. The second kappa shape index (κ2) is 49.7. The number of allylic oxidation sites excluding steroid dienone is 18.